The van der Waals surface area contributed by atoms with E-state index in [1.807, 2.05) is 23.1 Å². The molecule has 1 heterocycles. The highest BCUT2D eigenvalue weighted by Gasteiger charge is 2.26. The van der Waals surface area contributed by atoms with Gasteiger partial charge in [0.15, 0.2) is 6.10 Å². The summed E-state index contributed by atoms with van der Waals surface area (Å²) in [7, 11) is 0. The van der Waals surface area contributed by atoms with E-state index >= 15 is 0 Å². The average molecular weight is 384 g/mol. The fourth-order valence-electron chi connectivity index (χ4n) is 3.21. The number of carbonyl (C=O) groups excluding carboxylic acids is 1. The third kappa shape index (κ3) is 4.53. The highest BCUT2D eigenvalue weighted by molar-refractivity contribution is 6.30. The van der Waals surface area contributed by atoms with Crippen LogP contribution in [-0.4, -0.2) is 43.1 Å². The molecule has 0 N–H and O–H groups in total. The first-order valence-corrected chi connectivity index (χ1v) is 9.32. The van der Waals surface area contributed by atoms with Crippen molar-refractivity contribution in [3.05, 3.63) is 58.6 Å². The predicted octanol–water partition coefficient (Wildman–Crippen LogP) is 3.64. The Labute approximate surface area is 164 Å². The lowest BCUT2D eigenvalue weighted by Crippen LogP contribution is -2.52. The molecular weight excluding hydrogens is 362 g/mol. The molecule has 2 aromatic rings. The van der Waals surface area contributed by atoms with Crippen LogP contribution in [0.25, 0.3) is 0 Å². The summed E-state index contributed by atoms with van der Waals surface area (Å²) >= 11 is 6.13. The molecule has 3 rings (SSSR count). The van der Waals surface area contributed by atoms with Crippen LogP contribution in [-0.2, 0) is 4.79 Å². The molecule has 1 saturated heterocycles. The number of benzene rings is 2. The molecule has 0 saturated carbocycles. The van der Waals surface area contributed by atoms with Crippen molar-refractivity contribution >= 4 is 23.2 Å². The lowest BCUT2D eigenvalue weighted by molar-refractivity contribution is -0.138. The first-order chi connectivity index (χ1) is 13.0. The van der Waals surface area contributed by atoms with Crippen LogP contribution in [0.2, 0.25) is 5.02 Å². The van der Waals surface area contributed by atoms with Crippen molar-refractivity contribution in [2.45, 2.75) is 20.0 Å². The van der Waals surface area contributed by atoms with Gasteiger partial charge in [0, 0.05) is 36.9 Å². The summed E-state index contributed by atoms with van der Waals surface area (Å²) in [6, 6.07) is 14.7. The minimum Gasteiger partial charge on any atom is -0.481 e. The second-order valence-corrected chi connectivity index (χ2v) is 7.08. The fourth-order valence-corrected chi connectivity index (χ4v) is 3.38. The van der Waals surface area contributed by atoms with E-state index in [-0.39, 0.29) is 5.91 Å². The molecule has 0 aliphatic carbocycles. The Balaban J connectivity index is 1.57. The molecule has 2 aromatic carbocycles. The summed E-state index contributed by atoms with van der Waals surface area (Å²) in [5, 5.41) is 9.56. The van der Waals surface area contributed by atoms with Crippen LogP contribution >= 0.6 is 11.6 Å². The average Bonchev–Trinajstić information content (AvgIpc) is 2.70. The molecule has 1 fully saturated rings. The van der Waals surface area contributed by atoms with Crippen LogP contribution in [0.4, 0.5) is 5.69 Å². The van der Waals surface area contributed by atoms with Gasteiger partial charge in [0.25, 0.3) is 5.91 Å². The molecular formula is C21H22ClN3O2. The van der Waals surface area contributed by atoms with Gasteiger partial charge in [-0.2, -0.15) is 5.26 Å². The molecule has 6 heteroatoms. The first-order valence-electron chi connectivity index (χ1n) is 8.94. The van der Waals surface area contributed by atoms with Crippen molar-refractivity contribution in [2.75, 3.05) is 31.1 Å². The Hall–Kier alpha value is -2.71. The standard InChI is InChI=1S/C21H22ClN3O2/c1-15-3-6-18(22)13-20(15)24-9-11-25(12-10-24)21(26)16(2)27-19-7-4-17(14-23)5-8-19/h3-8,13,16H,9-12H2,1-2H3/t16-/m0/s1. The fraction of sp³-hybridized carbons (Fsp3) is 0.333. The number of nitriles is 1. The van der Waals surface area contributed by atoms with Crippen LogP contribution in [0.5, 0.6) is 5.75 Å². The van der Waals surface area contributed by atoms with Crippen LogP contribution in [0.3, 0.4) is 0 Å². The van der Waals surface area contributed by atoms with Gasteiger partial charge in [-0.05, 0) is 55.8 Å². The van der Waals surface area contributed by atoms with E-state index in [1.54, 1.807) is 31.2 Å². The van der Waals surface area contributed by atoms with Crippen LogP contribution in [0.1, 0.15) is 18.1 Å². The van der Waals surface area contributed by atoms with Gasteiger partial charge in [0.05, 0.1) is 11.6 Å². The van der Waals surface area contributed by atoms with Gasteiger partial charge in [-0.25, -0.2) is 0 Å². The van der Waals surface area contributed by atoms with Gasteiger partial charge in [0.2, 0.25) is 0 Å². The summed E-state index contributed by atoms with van der Waals surface area (Å²) < 4.78 is 5.74. The van der Waals surface area contributed by atoms with E-state index in [0.717, 1.165) is 23.8 Å². The maximum atomic E-state index is 12.7. The molecule has 0 bridgehead atoms. The summed E-state index contributed by atoms with van der Waals surface area (Å²) in [6.07, 6.45) is -0.572. The number of halogens is 1. The maximum absolute atomic E-state index is 12.7. The van der Waals surface area contributed by atoms with E-state index < -0.39 is 6.10 Å². The number of carbonyl (C=O) groups is 1. The zero-order valence-electron chi connectivity index (χ0n) is 15.5. The zero-order valence-corrected chi connectivity index (χ0v) is 16.2. The molecule has 0 radical (unpaired) electrons. The molecule has 140 valence electrons. The number of piperazine rings is 1. The largest absolute Gasteiger partial charge is 0.481 e. The Morgan fingerprint density at radius 2 is 1.81 bits per heavy atom. The summed E-state index contributed by atoms with van der Waals surface area (Å²) in [4.78, 5) is 16.8. The molecule has 0 unspecified atom stereocenters. The number of anilines is 1. The second kappa shape index (κ2) is 8.32. The van der Waals surface area contributed by atoms with Crippen LogP contribution < -0.4 is 9.64 Å². The predicted molar refractivity (Wildman–Crippen MR) is 106 cm³/mol. The van der Waals surface area contributed by atoms with Gasteiger partial charge in [-0.1, -0.05) is 17.7 Å². The third-order valence-corrected chi connectivity index (χ3v) is 4.98. The van der Waals surface area contributed by atoms with Gasteiger partial charge >= 0.3 is 0 Å². The van der Waals surface area contributed by atoms with E-state index in [0.29, 0.717) is 24.4 Å². The minimum absolute atomic E-state index is 0.0261. The highest BCUT2D eigenvalue weighted by Crippen LogP contribution is 2.25. The Morgan fingerprint density at radius 3 is 2.44 bits per heavy atom. The monoisotopic (exact) mass is 383 g/mol. The number of rotatable bonds is 4. The minimum atomic E-state index is -0.572. The Bertz CT molecular complexity index is 853. The number of hydrogen-bond donors (Lipinski definition) is 0. The van der Waals surface area contributed by atoms with E-state index in [1.165, 1.54) is 5.56 Å². The lowest BCUT2D eigenvalue weighted by Gasteiger charge is -2.37. The topological polar surface area (TPSA) is 56.6 Å². The van der Waals surface area contributed by atoms with Crippen LogP contribution in [0, 0.1) is 18.3 Å². The normalized spacial score (nSPS) is 15.2. The number of amides is 1. The maximum Gasteiger partial charge on any atom is 0.263 e. The third-order valence-electron chi connectivity index (χ3n) is 4.75. The lowest BCUT2D eigenvalue weighted by atomic mass is 10.1. The van der Waals surface area contributed by atoms with Crippen molar-refractivity contribution in [1.29, 1.82) is 5.26 Å². The number of aryl methyl sites for hydroxylation is 1. The first kappa shape index (κ1) is 19.1. The van der Waals surface area contributed by atoms with Crippen molar-refractivity contribution in [3.63, 3.8) is 0 Å². The summed E-state index contributed by atoms with van der Waals surface area (Å²) in [5.74, 6) is 0.560. The summed E-state index contributed by atoms with van der Waals surface area (Å²) in [6.45, 7) is 6.63. The molecule has 1 aliphatic rings. The van der Waals surface area contributed by atoms with E-state index in [2.05, 4.69) is 17.9 Å². The van der Waals surface area contributed by atoms with Gasteiger partial charge < -0.3 is 14.5 Å². The van der Waals surface area contributed by atoms with E-state index in [9.17, 15) is 4.79 Å². The number of nitrogens with zero attached hydrogens (tertiary/aromatic N) is 3. The molecule has 27 heavy (non-hydrogen) atoms. The molecule has 1 amide bonds. The van der Waals surface area contributed by atoms with E-state index in [4.69, 9.17) is 21.6 Å². The second-order valence-electron chi connectivity index (χ2n) is 6.64. The Morgan fingerprint density at radius 1 is 1.15 bits per heavy atom. The molecule has 5 nitrogen and oxygen atoms in total. The number of hydrogen-bond acceptors (Lipinski definition) is 4. The highest BCUT2D eigenvalue weighted by atomic mass is 35.5. The molecule has 0 spiro atoms. The molecule has 1 atom stereocenters. The van der Waals surface area contributed by atoms with Crippen molar-refractivity contribution in [1.82, 2.24) is 4.90 Å². The van der Waals surface area contributed by atoms with Gasteiger partial charge in [-0.3, -0.25) is 4.79 Å². The van der Waals surface area contributed by atoms with Crippen LogP contribution in [0.15, 0.2) is 42.5 Å². The SMILES string of the molecule is Cc1ccc(Cl)cc1N1CCN(C(=O)[C@H](C)Oc2ccc(C#N)cc2)CC1. The van der Waals surface area contributed by atoms with Gasteiger partial charge in [-0.15, -0.1) is 0 Å². The van der Waals surface area contributed by atoms with Crippen molar-refractivity contribution < 1.29 is 9.53 Å². The van der Waals surface area contributed by atoms with Gasteiger partial charge in [0.1, 0.15) is 5.75 Å². The molecule has 0 aromatic heterocycles. The molecule has 1 aliphatic heterocycles. The Kier molecular flexibility index (Phi) is 5.88. The number of ether oxygens (including phenoxy) is 1. The summed E-state index contributed by atoms with van der Waals surface area (Å²) in [5.41, 5.74) is 2.86. The van der Waals surface area contributed by atoms with Crippen molar-refractivity contribution in [2.24, 2.45) is 0 Å². The smallest absolute Gasteiger partial charge is 0.263 e. The zero-order chi connectivity index (χ0) is 19.4. The quantitative estimate of drug-likeness (QED) is 0.808. The van der Waals surface area contributed by atoms with Crippen molar-refractivity contribution in [3.8, 4) is 11.8 Å².